The Kier molecular flexibility index (Phi) is 6.51. The lowest BCUT2D eigenvalue weighted by Gasteiger charge is -2.43. The molecule has 1 saturated carbocycles. The van der Waals surface area contributed by atoms with Crippen molar-refractivity contribution in [2.75, 3.05) is 19.4 Å². The maximum absolute atomic E-state index is 12.5. The normalized spacial score (nSPS) is 18.0. The van der Waals surface area contributed by atoms with Crippen LogP contribution in [0.3, 0.4) is 0 Å². The minimum atomic E-state index is -0.288. The summed E-state index contributed by atoms with van der Waals surface area (Å²) >= 11 is 6.15. The summed E-state index contributed by atoms with van der Waals surface area (Å²) in [6.45, 7) is 0.540. The van der Waals surface area contributed by atoms with Crippen molar-refractivity contribution >= 4 is 34.9 Å². The third-order valence-electron chi connectivity index (χ3n) is 6.59. The number of benzene rings is 2. The number of carbonyl (C=O) groups excluding carboxylic acids is 2. The average Bonchev–Trinajstić information content (AvgIpc) is 2.81. The number of hydrogen-bond donors (Lipinski definition) is 3. The molecule has 1 fully saturated rings. The lowest BCUT2D eigenvalue weighted by Crippen LogP contribution is -2.44. The van der Waals surface area contributed by atoms with Gasteiger partial charge in [0.15, 0.2) is 0 Å². The van der Waals surface area contributed by atoms with Crippen molar-refractivity contribution in [3.05, 3.63) is 63.7 Å². The Labute approximate surface area is 193 Å². The number of fused-ring (bicyclic) bond motifs is 1. The molecule has 0 bridgehead atoms. The van der Waals surface area contributed by atoms with Crippen molar-refractivity contribution < 1.29 is 9.59 Å². The number of halogens is 1. The number of rotatable bonds is 4. The number of amides is 2. The molecular formula is C25H29ClN4O2. The van der Waals surface area contributed by atoms with E-state index in [2.05, 4.69) is 16.0 Å². The van der Waals surface area contributed by atoms with Crippen molar-refractivity contribution in [2.24, 2.45) is 10.4 Å². The van der Waals surface area contributed by atoms with Crippen molar-refractivity contribution in [3.63, 3.8) is 0 Å². The highest BCUT2D eigenvalue weighted by Gasteiger charge is 2.41. The van der Waals surface area contributed by atoms with E-state index in [-0.39, 0.29) is 17.2 Å². The first kappa shape index (κ1) is 22.3. The molecule has 6 nitrogen and oxygen atoms in total. The number of hydrogen-bond acceptors (Lipinski definition) is 3. The van der Waals surface area contributed by atoms with E-state index < -0.39 is 0 Å². The monoisotopic (exact) mass is 452 g/mol. The first-order valence-electron chi connectivity index (χ1n) is 11.1. The van der Waals surface area contributed by atoms with Gasteiger partial charge in [0.05, 0.1) is 17.7 Å². The SMILES string of the molecule is CNC(=O)c1cc2c(cc1C(=O)NC)NC(=NCc1cccc(Cl)c1)C1(CCCCC1)C2. The molecule has 3 N–H and O–H groups in total. The third-order valence-corrected chi connectivity index (χ3v) is 6.83. The van der Waals surface area contributed by atoms with E-state index >= 15 is 0 Å². The van der Waals surface area contributed by atoms with Crippen LogP contribution in [-0.4, -0.2) is 31.7 Å². The molecule has 0 radical (unpaired) electrons. The molecule has 0 saturated heterocycles. The smallest absolute Gasteiger partial charge is 0.251 e. The zero-order chi connectivity index (χ0) is 22.7. The van der Waals surface area contributed by atoms with E-state index in [4.69, 9.17) is 16.6 Å². The topological polar surface area (TPSA) is 82.6 Å². The standard InChI is InChI=1S/C25H29ClN4O2/c1-27-22(31)19-12-17-14-25(9-4-3-5-10-25)24(29-15-16-7-6-8-18(26)11-16)30-21(17)13-20(19)23(32)28-2/h6-8,11-13H,3-5,9-10,14-15H2,1-2H3,(H,27,31)(H,28,32)(H,29,30). The van der Waals surface area contributed by atoms with Gasteiger partial charge in [0.1, 0.15) is 5.84 Å². The second-order valence-corrected chi connectivity index (χ2v) is 9.09. The molecule has 1 aliphatic heterocycles. The number of amidine groups is 1. The summed E-state index contributed by atoms with van der Waals surface area (Å²) in [5, 5.41) is 9.55. The first-order valence-corrected chi connectivity index (χ1v) is 11.5. The lowest BCUT2D eigenvalue weighted by molar-refractivity contribution is 0.0929. The van der Waals surface area contributed by atoms with Crippen molar-refractivity contribution in [3.8, 4) is 0 Å². The van der Waals surface area contributed by atoms with Crippen molar-refractivity contribution in [1.29, 1.82) is 0 Å². The number of nitrogens with one attached hydrogen (secondary N) is 3. The molecular weight excluding hydrogens is 424 g/mol. The number of anilines is 1. The largest absolute Gasteiger partial charge is 0.355 e. The molecule has 32 heavy (non-hydrogen) atoms. The zero-order valence-corrected chi connectivity index (χ0v) is 19.3. The fraction of sp³-hybridized carbons (Fsp3) is 0.400. The van der Waals surface area contributed by atoms with Gasteiger partial charge in [-0.15, -0.1) is 0 Å². The Morgan fingerprint density at radius 3 is 2.38 bits per heavy atom. The Morgan fingerprint density at radius 1 is 1.03 bits per heavy atom. The van der Waals surface area contributed by atoms with E-state index in [0.29, 0.717) is 22.7 Å². The van der Waals surface area contributed by atoms with Gasteiger partial charge in [-0.2, -0.15) is 0 Å². The summed E-state index contributed by atoms with van der Waals surface area (Å²) in [7, 11) is 3.15. The van der Waals surface area contributed by atoms with Crippen LogP contribution in [0.25, 0.3) is 0 Å². The number of aliphatic imine (C=N–C) groups is 1. The molecule has 2 aliphatic rings. The highest BCUT2D eigenvalue weighted by molar-refractivity contribution is 6.30. The van der Waals surface area contributed by atoms with Crippen LogP contribution in [0.15, 0.2) is 41.4 Å². The Balaban J connectivity index is 1.76. The fourth-order valence-electron chi connectivity index (χ4n) is 4.92. The molecule has 0 atom stereocenters. The van der Waals surface area contributed by atoms with Crippen LogP contribution < -0.4 is 16.0 Å². The Morgan fingerprint density at radius 2 is 1.72 bits per heavy atom. The minimum Gasteiger partial charge on any atom is -0.355 e. The van der Waals surface area contributed by atoms with Gasteiger partial charge in [-0.05, 0) is 54.7 Å². The van der Waals surface area contributed by atoms with Crippen LogP contribution in [0.1, 0.15) is 63.9 Å². The highest BCUT2D eigenvalue weighted by Crippen LogP contribution is 2.45. The summed E-state index contributed by atoms with van der Waals surface area (Å²) in [4.78, 5) is 30.0. The second kappa shape index (κ2) is 9.33. The molecule has 168 valence electrons. The van der Waals surface area contributed by atoms with Crippen LogP contribution in [0.2, 0.25) is 5.02 Å². The second-order valence-electron chi connectivity index (χ2n) is 8.65. The minimum absolute atomic E-state index is 0.0711. The third kappa shape index (κ3) is 4.37. The molecule has 1 aliphatic carbocycles. The van der Waals surface area contributed by atoms with Gasteiger partial charge < -0.3 is 16.0 Å². The number of carbonyl (C=O) groups is 2. The molecule has 7 heteroatoms. The van der Waals surface area contributed by atoms with Gasteiger partial charge in [-0.25, -0.2) is 0 Å². The quantitative estimate of drug-likeness (QED) is 0.635. The van der Waals surface area contributed by atoms with Gasteiger partial charge in [0.25, 0.3) is 11.8 Å². The Hall–Kier alpha value is -2.86. The first-order chi connectivity index (χ1) is 15.5. The molecule has 4 rings (SSSR count). The zero-order valence-electron chi connectivity index (χ0n) is 18.6. The van der Waals surface area contributed by atoms with Gasteiger partial charge in [0.2, 0.25) is 0 Å². The van der Waals surface area contributed by atoms with Crippen LogP contribution in [-0.2, 0) is 13.0 Å². The Bertz CT molecular complexity index is 1070. The molecule has 1 heterocycles. The van der Waals surface area contributed by atoms with Gasteiger partial charge >= 0.3 is 0 Å². The van der Waals surface area contributed by atoms with Gasteiger partial charge in [-0.3, -0.25) is 14.6 Å². The average molecular weight is 453 g/mol. The predicted octanol–water partition coefficient (Wildman–Crippen LogP) is 4.58. The summed E-state index contributed by atoms with van der Waals surface area (Å²) < 4.78 is 0. The lowest BCUT2D eigenvalue weighted by atomic mass is 9.67. The highest BCUT2D eigenvalue weighted by atomic mass is 35.5. The predicted molar refractivity (Wildman–Crippen MR) is 129 cm³/mol. The van der Waals surface area contributed by atoms with Crippen LogP contribution in [0.5, 0.6) is 0 Å². The van der Waals surface area contributed by atoms with Crippen molar-refractivity contribution in [1.82, 2.24) is 10.6 Å². The van der Waals surface area contributed by atoms with Crippen molar-refractivity contribution in [2.45, 2.75) is 45.1 Å². The maximum atomic E-state index is 12.5. The van der Waals surface area contributed by atoms with Gasteiger partial charge in [0, 0.05) is 30.2 Å². The molecule has 2 aromatic rings. The van der Waals surface area contributed by atoms with Crippen LogP contribution in [0.4, 0.5) is 5.69 Å². The van der Waals surface area contributed by atoms with Crippen LogP contribution in [0, 0.1) is 5.41 Å². The summed E-state index contributed by atoms with van der Waals surface area (Å²) in [5.41, 5.74) is 3.64. The van der Waals surface area contributed by atoms with E-state index in [0.717, 1.165) is 54.8 Å². The van der Waals surface area contributed by atoms with E-state index in [1.165, 1.54) is 6.42 Å². The van der Waals surface area contributed by atoms with E-state index in [1.54, 1.807) is 20.2 Å². The molecule has 2 amide bonds. The van der Waals surface area contributed by atoms with E-state index in [9.17, 15) is 9.59 Å². The fourth-order valence-corrected chi connectivity index (χ4v) is 5.13. The number of nitrogens with zero attached hydrogens (tertiary/aromatic N) is 1. The molecule has 2 aromatic carbocycles. The molecule has 1 spiro atoms. The summed E-state index contributed by atoms with van der Waals surface area (Å²) in [6.07, 6.45) is 6.47. The van der Waals surface area contributed by atoms with Crippen LogP contribution >= 0.6 is 11.6 Å². The maximum Gasteiger partial charge on any atom is 0.251 e. The van der Waals surface area contributed by atoms with Gasteiger partial charge in [-0.1, -0.05) is 43.0 Å². The van der Waals surface area contributed by atoms with E-state index in [1.807, 2.05) is 30.3 Å². The summed E-state index contributed by atoms with van der Waals surface area (Å²) in [6, 6.07) is 11.4. The summed E-state index contributed by atoms with van der Waals surface area (Å²) in [5.74, 6) is 0.424. The molecule has 0 unspecified atom stereocenters. The molecule has 0 aromatic heterocycles.